The first-order valence-electron chi connectivity index (χ1n) is 6.90. The van der Waals surface area contributed by atoms with Gasteiger partial charge in [-0.1, -0.05) is 13.8 Å². The molecule has 2 nitrogen and oxygen atoms in total. The fraction of sp³-hybridized carbons (Fsp3) is 1.00. The average molecular weight is 227 g/mol. The number of likely N-dealkylation sites (tertiary alicyclic amines) is 1. The monoisotopic (exact) mass is 227 g/mol. The summed E-state index contributed by atoms with van der Waals surface area (Å²) in [5.74, 6) is 0. The van der Waals surface area contributed by atoms with E-state index in [9.17, 15) is 5.11 Å². The number of hydrogen-bond acceptors (Lipinski definition) is 2. The van der Waals surface area contributed by atoms with Gasteiger partial charge in [0.05, 0.1) is 6.10 Å². The molecule has 0 aromatic carbocycles. The second-order valence-electron chi connectivity index (χ2n) is 6.20. The van der Waals surface area contributed by atoms with Gasteiger partial charge in [-0.15, -0.1) is 0 Å². The smallest absolute Gasteiger partial charge is 0.0512 e. The van der Waals surface area contributed by atoms with Crippen LogP contribution >= 0.6 is 0 Å². The number of rotatable bonds is 5. The highest BCUT2D eigenvalue weighted by atomic mass is 16.3. The summed E-state index contributed by atoms with van der Waals surface area (Å²) in [6.07, 6.45) is 7.30. The number of nitrogens with zero attached hydrogens (tertiary/aromatic N) is 1. The third kappa shape index (κ3) is 5.86. The van der Waals surface area contributed by atoms with E-state index in [4.69, 9.17) is 0 Å². The minimum atomic E-state index is -0.122. The van der Waals surface area contributed by atoms with Gasteiger partial charge in [0, 0.05) is 0 Å². The second-order valence-corrected chi connectivity index (χ2v) is 6.20. The Morgan fingerprint density at radius 2 is 1.94 bits per heavy atom. The fourth-order valence-electron chi connectivity index (χ4n) is 2.48. The SMILES string of the molecule is CC(O)CCCCN1CCCC(C)(C)CC1. The molecule has 16 heavy (non-hydrogen) atoms. The Bertz CT molecular complexity index is 189. The zero-order valence-electron chi connectivity index (χ0n) is 11.3. The standard InChI is InChI=1S/C14H29NO/c1-13(16)7-4-5-10-15-11-6-8-14(2,3)9-12-15/h13,16H,4-12H2,1-3H3. The lowest BCUT2D eigenvalue weighted by Gasteiger charge is -2.23. The molecule has 0 spiro atoms. The molecule has 1 N–H and O–H groups in total. The highest BCUT2D eigenvalue weighted by Crippen LogP contribution is 2.29. The molecule has 1 heterocycles. The van der Waals surface area contributed by atoms with Crippen molar-refractivity contribution in [3.63, 3.8) is 0 Å². The van der Waals surface area contributed by atoms with E-state index in [1.165, 1.54) is 45.3 Å². The van der Waals surface area contributed by atoms with Gasteiger partial charge in [-0.2, -0.15) is 0 Å². The van der Waals surface area contributed by atoms with E-state index in [1.54, 1.807) is 0 Å². The first-order valence-corrected chi connectivity index (χ1v) is 6.90. The molecule has 0 aromatic heterocycles. The Balaban J connectivity index is 2.13. The maximum absolute atomic E-state index is 9.19. The molecule has 1 fully saturated rings. The lowest BCUT2D eigenvalue weighted by Crippen LogP contribution is -2.26. The van der Waals surface area contributed by atoms with Crippen molar-refractivity contribution in [1.82, 2.24) is 4.90 Å². The van der Waals surface area contributed by atoms with Crippen LogP contribution in [0.2, 0.25) is 0 Å². The maximum atomic E-state index is 9.19. The minimum absolute atomic E-state index is 0.122. The molecule has 1 aliphatic rings. The van der Waals surface area contributed by atoms with Crippen molar-refractivity contribution in [2.45, 2.75) is 65.4 Å². The zero-order valence-corrected chi connectivity index (χ0v) is 11.3. The van der Waals surface area contributed by atoms with Crippen LogP contribution in [0.25, 0.3) is 0 Å². The van der Waals surface area contributed by atoms with Crippen LogP contribution in [0, 0.1) is 5.41 Å². The van der Waals surface area contributed by atoms with Gasteiger partial charge < -0.3 is 10.0 Å². The Morgan fingerprint density at radius 3 is 2.62 bits per heavy atom. The van der Waals surface area contributed by atoms with E-state index in [0.717, 1.165) is 12.8 Å². The normalized spacial score (nSPS) is 24.0. The lowest BCUT2D eigenvalue weighted by atomic mass is 9.85. The topological polar surface area (TPSA) is 23.5 Å². The third-order valence-corrected chi connectivity index (χ3v) is 3.78. The van der Waals surface area contributed by atoms with Gasteiger partial charge in [0.1, 0.15) is 0 Å². The van der Waals surface area contributed by atoms with Gasteiger partial charge in [0.15, 0.2) is 0 Å². The molecule has 0 aromatic rings. The van der Waals surface area contributed by atoms with Crippen molar-refractivity contribution in [3.8, 4) is 0 Å². The molecule has 0 bridgehead atoms. The molecular weight excluding hydrogens is 198 g/mol. The highest BCUT2D eigenvalue weighted by Gasteiger charge is 2.22. The molecule has 1 rings (SSSR count). The summed E-state index contributed by atoms with van der Waals surface area (Å²) in [6.45, 7) is 10.4. The summed E-state index contributed by atoms with van der Waals surface area (Å²) in [6, 6.07) is 0. The minimum Gasteiger partial charge on any atom is -0.393 e. The zero-order chi connectivity index (χ0) is 12.0. The Morgan fingerprint density at radius 1 is 1.19 bits per heavy atom. The molecule has 0 amide bonds. The summed E-state index contributed by atoms with van der Waals surface area (Å²) in [5.41, 5.74) is 0.550. The predicted octanol–water partition coefficient (Wildman–Crippen LogP) is 3.05. The number of aliphatic hydroxyl groups is 1. The second kappa shape index (κ2) is 6.61. The predicted molar refractivity (Wildman–Crippen MR) is 69.6 cm³/mol. The average Bonchev–Trinajstić information content (AvgIpc) is 2.34. The molecule has 1 unspecified atom stereocenters. The van der Waals surface area contributed by atoms with Crippen molar-refractivity contribution in [3.05, 3.63) is 0 Å². The summed E-state index contributed by atoms with van der Waals surface area (Å²) in [7, 11) is 0. The van der Waals surface area contributed by atoms with Crippen molar-refractivity contribution >= 4 is 0 Å². The molecule has 0 saturated carbocycles. The van der Waals surface area contributed by atoms with Crippen LogP contribution in [0.15, 0.2) is 0 Å². The van der Waals surface area contributed by atoms with E-state index in [0.29, 0.717) is 5.41 Å². The summed E-state index contributed by atoms with van der Waals surface area (Å²) < 4.78 is 0. The van der Waals surface area contributed by atoms with E-state index in [-0.39, 0.29) is 6.10 Å². The van der Waals surface area contributed by atoms with Crippen LogP contribution < -0.4 is 0 Å². The van der Waals surface area contributed by atoms with Crippen LogP contribution in [0.5, 0.6) is 0 Å². The summed E-state index contributed by atoms with van der Waals surface area (Å²) in [5, 5.41) is 9.19. The fourth-order valence-corrected chi connectivity index (χ4v) is 2.48. The van der Waals surface area contributed by atoms with E-state index < -0.39 is 0 Å². The molecule has 96 valence electrons. The molecular formula is C14H29NO. The van der Waals surface area contributed by atoms with Crippen molar-refractivity contribution in [1.29, 1.82) is 0 Å². The van der Waals surface area contributed by atoms with Crippen LogP contribution in [0.3, 0.4) is 0 Å². The Kier molecular flexibility index (Phi) is 5.77. The third-order valence-electron chi connectivity index (χ3n) is 3.78. The van der Waals surface area contributed by atoms with Crippen LogP contribution in [0.4, 0.5) is 0 Å². The summed E-state index contributed by atoms with van der Waals surface area (Å²) in [4.78, 5) is 2.61. The molecule has 1 aliphatic heterocycles. The Labute approximate surface area is 101 Å². The molecule has 0 radical (unpaired) electrons. The maximum Gasteiger partial charge on any atom is 0.0512 e. The quantitative estimate of drug-likeness (QED) is 0.730. The number of hydrogen-bond donors (Lipinski definition) is 1. The van der Waals surface area contributed by atoms with Gasteiger partial charge in [-0.25, -0.2) is 0 Å². The number of unbranched alkanes of at least 4 members (excludes halogenated alkanes) is 1. The van der Waals surface area contributed by atoms with E-state index >= 15 is 0 Å². The molecule has 0 aliphatic carbocycles. The van der Waals surface area contributed by atoms with Crippen LogP contribution in [-0.2, 0) is 0 Å². The molecule has 1 saturated heterocycles. The largest absolute Gasteiger partial charge is 0.393 e. The van der Waals surface area contributed by atoms with Crippen molar-refractivity contribution in [2.24, 2.45) is 5.41 Å². The van der Waals surface area contributed by atoms with Crippen LogP contribution in [-0.4, -0.2) is 35.7 Å². The van der Waals surface area contributed by atoms with Gasteiger partial charge >= 0.3 is 0 Å². The van der Waals surface area contributed by atoms with Crippen molar-refractivity contribution < 1.29 is 5.11 Å². The van der Waals surface area contributed by atoms with Gasteiger partial charge in [-0.05, 0) is 70.5 Å². The Hall–Kier alpha value is -0.0800. The number of aliphatic hydroxyl groups excluding tert-OH is 1. The molecule has 2 heteroatoms. The van der Waals surface area contributed by atoms with Gasteiger partial charge in [0.2, 0.25) is 0 Å². The van der Waals surface area contributed by atoms with E-state index in [2.05, 4.69) is 18.7 Å². The molecule has 1 atom stereocenters. The van der Waals surface area contributed by atoms with Crippen molar-refractivity contribution in [2.75, 3.05) is 19.6 Å². The first kappa shape index (κ1) is 14.0. The highest BCUT2D eigenvalue weighted by molar-refractivity contribution is 4.76. The van der Waals surface area contributed by atoms with Crippen LogP contribution in [0.1, 0.15) is 59.3 Å². The summed E-state index contributed by atoms with van der Waals surface area (Å²) >= 11 is 0. The van der Waals surface area contributed by atoms with E-state index in [1.807, 2.05) is 6.92 Å². The van der Waals surface area contributed by atoms with Gasteiger partial charge in [0.25, 0.3) is 0 Å². The first-order chi connectivity index (χ1) is 7.49. The van der Waals surface area contributed by atoms with Gasteiger partial charge in [-0.3, -0.25) is 0 Å². The lowest BCUT2D eigenvalue weighted by molar-refractivity contribution is 0.176.